The zero-order chi connectivity index (χ0) is 13.8. The molecule has 0 bridgehead atoms. The van der Waals surface area contributed by atoms with Gasteiger partial charge in [-0.1, -0.05) is 17.7 Å². The number of rotatable bonds is 5. The van der Waals surface area contributed by atoms with Gasteiger partial charge in [-0.15, -0.1) is 0 Å². The molecule has 104 valence electrons. The summed E-state index contributed by atoms with van der Waals surface area (Å²) in [6.45, 7) is 3.92. The van der Waals surface area contributed by atoms with E-state index in [-0.39, 0.29) is 11.9 Å². The van der Waals surface area contributed by atoms with Crippen LogP contribution in [0.2, 0.25) is 0 Å². The lowest BCUT2D eigenvalue weighted by molar-refractivity contribution is -0.118. The van der Waals surface area contributed by atoms with Crippen LogP contribution in [0.3, 0.4) is 0 Å². The molecule has 1 amide bonds. The zero-order valence-corrected chi connectivity index (χ0v) is 11.8. The number of carbonyl (C=O) groups excluding carboxylic acids is 1. The smallest absolute Gasteiger partial charge is 0.241 e. The molecule has 4 heteroatoms. The van der Waals surface area contributed by atoms with Gasteiger partial charge < -0.3 is 15.4 Å². The third kappa shape index (κ3) is 3.78. The first kappa shape index (κ1) is 14.0. The molecule has 4 nitrogen and oxygen atoms in total. The van der Waals surface area contributed by atoms with E-state index in [0.29, 0.717) is 12.1 Å². The van der Waals surface area contributed by atoms with Gasteiger partial charge in [0.25, 0.3) is 0 Å². The zero-order valence-electron chi connectivity index (χ0n) is 11.8. The lowest BCUT2D eigenvalue weighted by Crippen LogP contribution is -2.51. The molecule has 0 heterocycles. The number of anilines is 1. The fraction of sp³-hybridized carbons (Fsp3) is 0.533. The lowest BCUT2D eigenvalue weighted by atomic mass is 9.88. The molecule has 2 N–H and O–H groups in total. The van der Waals surface area contributed by atoms with Crippen LogP contribution in [0.5, 0.6) is 0 Å². The average Bonchev–Trinajstić information content (AvgIpc) is 2.35. The highest BCUT2D eigenvalue weighted by atomic mass is 16.5. The summed E-state index contributed by atoms with van der Waals surface area (Å²) < 4.78 is 5.22. The van der Waals surface area contributed by atoms with Crippen LogP contribution in [0.4, 0.5) is 5.69 Å². The maximum Gasteiger partial charge on any atom is 0.241 e. The van der Waals surface area contributed by atoms with Crippen molar-refractivity contribution in [2.75, 3.05) is 12.4 Å². The van der Waals surface area contributed by atoms with Gasteiger partial charge in [-0.3, -0.25) is 4.79 Å². The molecule has 0 saturated heterocycles. The van der Waals surface area contributed by atoms with Crippen LogP contribution < -0.4 is 10.6 Å². The van der Waals surface area contributed by atoms with Crippen molar-refractivity contribution in [2.45, 2.75) is 44.9 Å². The average molecular weight is 262 g/mol. The maximum atomic E-state index is 12.0. The summed E-state index contributed by atoms with van der Waals surface area (Å²) in [5.74, 6) is 0.00437. The van der Waals surface area contributed by atoms with Crippen LogP contribution in [0, 0.1) is 6.92 Å². The number of ether oxygens (including phenoxy) is 1. The van der Waals surface area contributed by atoms with E-state index in [2.05, 4.69) is 10.6 Å². The van der Waals surface area contributed by atoms with Crippen molar-refractivity contribution in [3.8, 4) is 0 Å². The van der Waals surface area contributed by atoms with Gasteiger partial charge >= 0.3 is 0 Å². The Morgan fingerprint density at radius 3 is 2.53 bits per heavy atom. The van der Waals surface area contributed by atoms with Crippen molar-refractivity contribution in [1.29, 1.82) is 0 Å². The number of benzene rings is 1. The number of amides is 1. The Morgan fingerprint density at radius 2 is 1.95 bits per heavy atom. The molecule has 0 radical (unpaired) electrons. The van der Waals surface area contributed by atoms with Gasteiger partial charge in [0, 0.05) is 18.8 Å². The summed E-state index contributed by atoms with van der Waals surface area (Å²) in [4.78, 5) is 12.0. The largest absolute Gasteiger partial charge is 0.381 e. The maximum absolute atomic E-state index is 12.0. The van der Waals surface area contributed by atoms with E-state index in [9.17, 15) is 4.79 Å². The van der Waals surface area contributed by atoms with Crippen molar-refractivity contribution in [3.05, 3.63) is 29.8 Å². The van der Waals surface area contributed by atoms with E-state index in [4.69, 9.17) is 4.74 Å². The number of carbonyl (C=O) groups is 1. The fourth-order valence-corrected chi connectivity index (χ4v) is 2.21. The minimum atomic E-state index is -0.191. The third-order valence-corrected chi connectivity index (χ3v) is 3.63. The second-order valence-electron chi connectivity index (χ2n) is 5.27. The number of hydrogen-bond acceptors (Lipinski definition) is 3. The SMILES string of the molecule is COC1CC(NC(C)C(=O)Nc2ccc(C)cc2)C1. The summed E-state index contributed by atoms with van der Waals surface area (Å²) in [5, 5.41) is 6.23. The van der Waals surface area contributed by atoms with E-state index in [0.717, 1.165) is 18.5 Å². The van der Waals surface area contributed by atoms with Crippen LogP contribution in [-0.2, 0) is 9.53 Å². The summed E-state index contributed by atoms with van der Waals surface area (Å²) in [6.07, 6.45) is 2.32. The highest BCUT2D eigenvalue weighted by Gasteiger charge is 2.30. The van der Waals surface area contributed by atoms with E-state index in [1.165, 1.54) is 5.56 Å². The first-order valence-corrected chi connectivity index (χ1v) is 6.75. The van der Waals surface area contributed by atoms with Gasteiger partial charge in [0.2, 0.25) is 5.91 Å². The molecule has 0 aliphatic heterocycles. The molecule has 1 aromatic rings. The minimum absolute atomic E-state index is 0.00437. The Balaban J connectivity index is 1.78. The predicted molar refractivity (Wildman–Crippen MR) is 76.2 cm³/mol. The first-order valence-electron chi connectivity index (χ1n) is 6.75. The van der Waals surface area contributed by atoms with Gasteiger partial charge in [0.05, 0.1) is 12.1 Å². The van der Waals surface area contributed by atoms with Gasteiger partial charge in [-0.2, -0.15) is 0 Å². The topological polar surface area (TPSA) is 50.4 Å². The third-order valence-electron chi connectivity index (χ3n) is 3.63. The molecule has 1 aromatic carbocycles. The fourth-order valence-electron chi connectivity index (χ4n) is 2.21. The first-order chi connectivity index (χ1) is 9.08. The van der Waals surface area contributed by atoms with Crippen molar-refractivity contribution in [3.63, 3.8) is 0 Å². The quantitative estimate of drug-likeness (QED) is 0.854. The molecule has 1 atom stereocenters. The van der Waals surface area contributed by atoms with Crippen LogP contribution in [0.25, 0.3) is 0 Å². The Labute approximate surface area is 114 Å². The van der Waals surface area contributed by atoms with Crippen LogP contribution in [0.1, 0.15) is 25.3 Å². The molecule has 19 heavy (non-hydrogen) atoms. The number of aryl methyl sites for hydroxylation is 1. The van der Waals surface area contributed by atoms with Crippen LogP contribution in [0.15, 0.2) is 24.3 Å². The normalized spacial score (nSPS) is 23.5. The van der Waals surface area contributed by atoms with E-state index in [1.807, 2.05) is 38.1 Å². The highest BCUT2D eigenvalue weighted by molar-refractivity contribution is 5.94. The van der Waals surface area contributed by atoms with Gasteiger partial charge in [-0.05, 0) is 38.8 Å². The molecule has 2 rings (SSSR count). The monoisotopic (exact) mass is 262 g/mol. The molecule has 1 aliphatic carbocycles. The Morgan fingerprint density at radius 1 is 1.32 bits per heavy atom. The molecule has 1 aliphatic rings. The standard InChI is InChI=1S/C15H22N2O2/c1-10-4-6-12(7-5-10)17-15(18)11(2)16-13-8-14(9-13)19-3/h4-7,11,13-14,16H,8-9H2,1-3H3,(H,17,18). The summed E-state index contributed by atoms with van der Waals surface area (Å²) >= 11 is 0. The Kier molecular flexibility index (Phi) is 4.56. The summed E-state index contributed by atoms with van der Waals surface area (Å²) in [5.41, 5.74) is 2.02. The second-order valence-corrected chi connectivity index (χ2v) is 5.27. The molecule has 1 fully saturated rings. The van der Waals surface area contributed by atoms with Crippen molar-refractivity contribution >= 4 is 11.6 Å². The molecule has 0 aromatic heterocycles. The van der Waals surface area contributed by atoms with E-state index < -0.39 is 0 Å². The number of hydrogen-bond donors (Lipinski definition) is 2. The molecule has 1 saturated carbocycles. The van der Waals surface area contributed by atoms with Crippen molar-refractivity contribution < 1.29 is 9.53 Å². The molecule has 0 spiro atoms. The Bertz CT molecular complexity index is 424. The van der Waals surface area contributed by atoms with Gasteiger partial charge in [-0.25, -0.2) is 0 Å². The van der Waals surface area contributed by atoms with Crippen molar-refractivity contribution in [1.82, 2.24) is 5.32 Å². The Hall–Kier alpha value is -1.39. The predicted octanol–water partition coefficient (Wildman–Crippen LogP) is 2.09. The molecule has 1 unspecified atom stereocenters. The summed E-state index contributed by atoms with van der Waals surface area (Å²) in [6, 6.07) is 8.02. The molecular formula is C15H22N2O2. The minimum Gasteiger partial charge on any atom is -0.381 e. The molecular weight excluding hydrogens is 240 g/mol. The van der Waals surface area contributed by atoms with Gasteiger partial charge in [0.1, 0.15) is 0 Å². The van der Waals surface area contributed by atoms with Crippen molar-refractivity contribution in [2.24, 2.45) is 0 Å². The highest BCUT2D eigenvalue weighted by Crippen LogP contribution is 2.23. The van der Waals surface area contributed by atoms with Crippen LogP contribution >= 0.6 is 0 Å². The van der Waals surface area contributed by atoms with E-state index >= 15 is 0 Å². The van der Waals surface area contributed by atoms with Crippen LogP contribution in [-0.4, -0.2) is 31.2 Å². The number of nitrogens with one attached hydrogen (secondary N) is 2. The van der Waals surface area contributed by atoms with E-state index in [1.54, 1.807) is 7.11 Å². The number of methoxy groups -OCH3 is 1. The lowest BCUT2D eigenvalue weighted by Gasteiger charge is -2.36. The van der Waals surface area contributed by atoms with Gasteiger partial charge in [0.15, 0.2) is 0 Å². The second kappa shape index (κ2) is 6.17. The summed E-state index contributed by atoms with van der Waals surface area (Å²) in [7, 11) is 1.73.